The lowest BCUT2D eigenvalue weighted by Gasteiger charge is -2.36. The molecule has 2 heterocycles. The lowest BCUT2D eigenvalue weighted by Crippen LogP contribution is -2.33. The van der Waals surface area contributed by atoms with Gasteiger partial charge in [0, 0.05) is 41.3 Å². The van der Waals surface area contributed by atoms with Gasteiger partial charge in [-0.1, -0.05) is 128 Å². The van der Waals surface area contributed by atoms with Crippen LogP contribution in [0.2, 0.25) is 0 Å². The molecule has 6 aromatic rings. The average Bonchev–Trinajstić information content (AvgIpc) is 3.48. The van der Waals surface area contributed by atoms with Crippen molar-refractivity contribution < 1.29 is 4.58 Å². The second kappa shape index (κ2) is 11.1. The lowest BCUT2D eigenvalue weighted by atomic mass is 9.68. The molecular formula is C46H43N2+. The molecule has 0 amide bonds. The molecule has 1 saturated carbocycles. The van der Waals surface area contributed by atoms with Crippen LogP contribution >= 0.6 is 0 Å². The summed E-state index contributed by atoms with van der Waals surface area (Å²) in [5.74, 6) is 0. The van der Waals surface area contributed by atoms with Crippen LogP contribution in [0.25, 0.3) is 32.3 Å². The van der Waals surface area contributed by atoms with Gasteiger partial charge in [-0.25, -0.2) is 0 Å². The van der Waals surface area contributed by atoms with Crippen LogP contribution in [0.15, 0.2) is 139 Å². The maximum absolute atomic E-state index is 2.52. The number of anilines is 1. The van der Waals surface area contributed by atoms with Crippen LogP contribution in [-0.4, -0.2) is 24.4 Å². The molecule has 9 rings (SSSR count). The van der Waals surface area contributed by atoms with Crippen molar-refractivity contribution in [2.45, 2.75) is 56.3 Å². The summed E-state index contributed by atoms with van der Waals surface area (Å²) >= 11 is 0. The Morgan fingerprint density at radius 2 is 1.35 bits per heavy atom. The van der Waals surface area contributed by atoms with Crippen LogP contribution in [0.5, 0.6) is 0 Å². The number of nitrogens with zero attached hydrogens (tertiary/aromatic N) is 2. The van der Waals surface area contributed by atoms with Crippen molar-refractivity contribution in [1.82, 2.24) is 0 Å². The van der Waals surface area contributed by atoms with Gasteiger partial charge < -0.3 is 4.90 Å². The molecule has 0 aromatic heterocycles. The minimum atomic E-state index is -0.203. The lowest BCUT2D eigenvalue weighted by molar-refractivity contribution is -0.401. The smallest absolute Gasteiger partial charge is 0.210 e. The van der Waals surface area contributed by atoms with Crippen LogP contribution < -0.4 is 4.90 Å². The third-order valence-electron chi connectivity index (χ3n) is 11.9. The third kappa shape index (κ3) is 4.28. The predicted molar refractivity (Wildman–Crippen MR) is 204 cm³/mol. The van der Waals surface area contributed by atoms with Gasteiger partial charge in [0.1, 0.15) is 7.05 Å². The van der Waals surface area contributed by atoms with E-state index in [2.05, 4.69) is 164 Å². The summed E-state index contributed by atoms with van der Waals surface area (Å²) in [4.78, 5) is 2.52. The van der Waals surface area contributed by atoms with Crippen LogP contribution in [-0.2, 0) is 17.3 Å². The maximum Gasteiger partial charge on any atom is 0.210 e. The standard InChI is InChI=1S/C46H43N2/c1-45(31-32-22-23-33-14-5-6-17-36(33)30-32)41(47(2)40-27-25-34-15-7-9-18-37(34)43(40)45)20-13-21-42-46(28-11-4-12-29-46)39-26-24-35-16-8-10-19-38(35)44(39)48(42)3/h5-10,13-27,30H,4,11-12,28-29,31H2,1-3H3/q+1. The van der Waals surface area contributed by atoms with Crippen LogP contribution in [0.4, 0.5) is 11.4 Å². The van der Waals surface area contributed by atoms with Gasteiger partial charge in [-0.15, -0.1) is 0 Å². The first-order valence-corrected chi connectivity index (χ1v) is 17.7. The van der Waals surface area contributed by atoms with Crippen LogP contribution in [0.1, 0.15) is 55.7 Å². The van der Waals surface area contributed by atoms with E-state index in [4.69, 9.17) is 0 Å². The normalized spacial score (nSPS) is 21.0. The molecule has 2 aliphatic heterocycles. The number of rotatable bonds is 4. The van der Waals surface area contributed by atoms with Crippen LogP contribution in [0, 0.1) is 0 Å². The van der Waals surface area contributed by atoms with E-state index in [0.29, 0.717) is 0 Å². The number of hydrogen-bond donors (Lipinski definition) is 0. The summed E-state index contributed by atoms with van der Waals surface area (Å²) in [5.41, 5.74) is 9.71. The second-order valence-corrected chi connectivity index (χ2v) is 14.6. The Kier molecular flexibility index (Phi) is 6.73. The fraction of sp³-hybridized carbons (Fsp3) is 0.239. The van der Waals surface area contributed by atoms with E-state index in [1.165, 1.54) is 104 Å². The Hall–Kier alpha value is -4.95. The Balaban J connectivity index is 1.17. The monoisotopic (exact) mass is 623 g/mol. The molecule has 236 valence electrons. The first-order chi connectivity index (χ1) is 23.5. The molecule has 6 aromatic carbocycles. The molecule has 0 radical (unpaired) electrons. The Morgan fingerprint density at radius 3 is 2.15 bits per heavy atom. The van der Waals surface area contributed by atoms with E-state index in [-0.39, 0.29) is 10.8 Å². The number of fused-ring (bicyclic) bond motifs is 8. The van der Waals surface area contributed by atoms with E-state index in [1.807, 2.05) is 0 Å². The minimum absolute atomic E-state index is 0.0799. The molecule has 0 bridgehead atoms. The summed E-state index contributed by atoms with van der Waals surface area (Å²) in [6, 6.07) is 43.0. The van der Waals surface area contributed by atoms with Crippen LogP contribution in [0.3, 0.4) is 0 Å². The first kappa shape index (κ1) is 29.2. The first-order valence-electron chi connectivity index (χ1n) is 17.7. The number of likely N-dealkylation sites (N-methyl/N-ethyl adjacent to an activating group) is 1. The Bertz CT molecular complexity index is 2350. The molecule has 0 saturated heterocycles. The van der Waals surface area contributed by atoms with Gasteiger partial charge in [0.05, 0.1) is 11.1 Å². The second-order valence-electron chi connectivity index (χ2n) is 14.6. The van der Waals surface area contributed by atoms with Gasteiger partial charge in [0.25, 0.3) is 0 Å². The van der Waals surface area contributed by atoms with E-state index >= 15 is 0 Å². The fourth-order valence-corrected chi connectivity index (χ4v) is 9.74. The molecule has 1 spiro atoms. The molecule has 48 heavy (non-hydrogen) atoms. The van der Waals surface area contributed by atoms with Crippen molar-refractivity contribution in [2.24, 2.45) is 0 Å². The molecule has 2 heteroatoms. The quantitative estimate of drug-likeness (QED) is 0.177. The highest BCUT2D eigenvalue weighted by atomic mass is 15.2. The van der Waals surface area contributed by atoms with Crippen molar-refractivity contribution in [3.63, 3.8) is 0 Å². The van der Waals surface area contributed by atoms with Crippen molar-refractivity contribution in [2.75, 3.05) is 19.0 Å². The topological polar surface area (TPSA) is 6.25 Å². The van der Waals surface area contributed by atoms with Gasteiger partial charge in [-0.3, -0.25) is 0 Å². The highest BCUT2D eigenvalue weighted by Crippen LogP contribution is 2.56. The summed E-state index contributed by atoms with van der Waals surface area (Å²) in [6.07, 6.45) is 14.5. The molecule has 1 aliphatic carbocycles. The Labute approximate surface area is 284 Å². The van der Waals surface area contributed by atoms with Gasteiger partial charge >= 0.3 is 0 Å². The molecule has 3 aliphatic rings. The molecule has 1 fully saturated rings. The van der Waals surface area contributed by atoms with Gasteiger partial charge in [-0.05, 0) is 76.4 Å². The highest BCUT2D eigenvalue weighted by Gasteiger charge is 2.49. The summed E-state index contributed by atoms with van der Waals surface area (Å²) < 4.78 is 2.45. The van der Waals surface area contributed by atoms with Crippen molar-refractivity contribution in [1.29, 1.82) is 0 Å². The Morgan fingerprint density at radius 1 is 0.708 bits per heavy atom. The van der Waals surface area contributed by atoms with E-state index in [0.717, 1.165) is 6.42 Å². The summed E-state index contributed by atoms with van der Waals surface area (Å²) in [7, 11) is 4.56. The number of allylic oxidation sites excluding steroid dienone is 4. The summed E-state index contributed by atoms with van der Waals surface area (Å²) in [5, 5.41) is 7.94. The SMILES string of the molecule is CN1/C(=C/C=C/C2=[N+](C)c3ccc4ccccc4c3C2(C)Cc2ccc3ccccc3c2)C2(CCCCC2)c2ccc3ccccc3c21. The largest absolute Gasteiger partial charge is 0.347 e. The molecule has 1 unspecified atom stereocenters. The van der Waals surface area contributed by atoms with Gasteiger partial charge in [0.2, 0.25) is 5.69 Å². The zero-order valence-electron chi connectivity index (χ0n) is 28.3. The van der Waals surface area contributed by atoms with E-state index in [1.54, 1.807) is 0 Å². The fourth-order valence-electron chi connectivity index (χ4n) is 9.74. The maximum atomic E-state index is 2.52. The molecule has 0 N–H and O–H groups in total. The van der Waals surface area contributed by atoms with Gasteiger partial charge in [-0.2, -0.15) is 4.58 Å². The highest BCUT2D eigenvalue weighted by molar-refractivity contribution is 6.08. The average molecular weight is 624 g/mol. The number of benzene rings is 6. The van der Waals surface area contributed by atoms with Crippen molar-refractivity contribution in [3.8, 4) is 0 Å². The number of hydrogen-bond acceptors (Lipinski definition) is 1. The van der Waals surface area contributed by atoms with E-state index in [9.17, 15) is 0 Å². The zero-order valence-corrected chi connectivity index (χ0v) is 28.3. The zero-order chi connectivity index (χ0) is 32.5. The third-order valence-corrected chi connectivity index (χ3v) is 11.9. The molecule has 2 nitrogen and oxygen atoms in total. The predicted octanol–water partition coefficient (Wildman–Crippen LogP) is 11.2. The molecule has 1 atom stereocenters. The van der Waals surface area contributed by atoms with Gasteiger partial charge in [0.15, 0.2) is 5.71 Å². The molecular weight excluding hydrogens is 581 g/mol. The van der Waals surface area contributed by atoms with Crippen molar-refractivity contribution in [3.05, 3.63) is 156 Å². The van der Waals surface area contributed by atoms with Crippen molar-refractivity contribution >= 4 is 49.4 Å². The summed E-state index contributed by atoms with van der Waals surface area (Å²) in [6.45, 7) is 2.47. The van der Waals surface area contributed by atoms with E-state index < -0.39 is 0 Å². The minimum Gasteiger partial charge on any atom is -0.347 e.